The lowest BCUT2D eigenvalue weighted by Crippen LogP contribution is -2.01. The molecule has 1 rings (SSSR count). The summed E-state index contributed by atoms with van der Waals surface area (Å²) >= 11 is 1.62. The number of nitrogens with zero attached hydrogens (tertiary/aromatic N) is 2. The quantitative estimate of drug-likeness (QED) is 0.470. The fourth-order valence-corrected chi connectivity index (χ4v) is 1.29. The highest BCUT2D eigenvalue weighted by Gasteiger charge is 1.94. The Morgan fingerprint density at radius 2 is 2.29 bits per heavy atom. The van der Waals surface area contributed by atoms with Crippen LogP contribution in [0.1, 0.15) is 13.8 Å². The van der Waals surface area contributed by atoms with Crippen LogP contribution in [0.5, 0.6) is 0 Å². The van der Waals surface area contributed by atoms with E-state index in [-0.39, 0.29) is 0 Å². The highest BCUT2D eigenvalue weighted by molar-refractivity contribution is 7.98. The Morgan fingerprint density at radius 1 is 1.50 bits per heavy atom. The topological polar surface area (TPSA) is 37.8 Å². The molecule has 76 valence electrons. The summed E-state index contributed by atoms with van der Waals surface area (Å²) in [5, 5.41) is 4.20. The van der Waals surface area contributed by atoms with Crippen LogP contribution < -0.4 is 5.32 Å². The van der Waals surface area contributed by atoms with E-state index < -0.39 is 0 Å². The molecule has 0 amide bonds. The molecule has 4 heteroatoms. The normalized spacial score (nSPS) is 9.64. The van der Waals surface area contributed by atoms with E-state index in [0.717, 1.165) is 17.4 Å². The van der Waals surface area contributed by atoms with Gasteiger partial charge in [-0.3, -0.25) is 0 Å². The van der Waals surface area contributed by atoms with Crippen molar-refractivity contribution >= 4 is 17.6 Å². The first kappa shape index (κ1) is 11.0. The van der Waals surface area contributed by atoms with E-state index in [2.05, 4.69) is 35.2 Å². The lowest BCUT2D eigenvalue weighted by molar-refractivity contribution is 1.04. The molecule has 0 aliphatic carbocycles. The standard InChI is InChI=1S/C10H15N3S/c1-8(2)4-5-11-9-6-10(14-3)13-7-12-9/h4,6-7H,5H2,1-3H3,(H,11,12,13). The molecule has 0 unspecified atom stereocenters. The molecule has 14 heavy (non-hydrogen) atoms. The maximum Gasteiger partial charge on any atom is 0.130 e. The summed E-state index contributed by atoms with van der Waals surface area (Å²) in [5.41, 5.74) is 1.30. The number of allylic oxidation sites excluding steroid dienone is 1. The molecule has 0 fully saturated rings. The average molecular weight is 209 g/mol. The Labute approximate surface area is 89.0 Å². The number of thioether (sulfide) groups is 1. The highest BCUT2D eigenvalue weighted by Crippen LogP contribution is 2.13. The van der Waals surface area contributed by atoms with Gasteiger partial charge in [-0.05, 0) is 20.1 Å². The lowest BCUT2D eigenvalue weighted by atomic mass is 10.3. The van der Waals surface area contributed by atoms with Crippen LogP contribution in [0.2, 0.25) is 0 Å². The monoisotopic (exact) mass is 209 g/mol. The van der Waals surface area contributed by atoms with Gasteiger partial charge in [0.05, 0.1) is 0 Å². The molecule has 1 aromatic rings. The van der Waals surface area contributed by atoms with Gasteiger partial charge in [0.2, 0.25) is 0 Å². The van der Waals surface area contributed by atoms with Gasteiger partial charge in [-0.1, -0.05) is 11.6 Å². The van der Waals surface area contributed by atoms with Gasteiger partial charge in [0.25, 0.3) is 0 Å². The Balaban J connectivity index is 2.54. The van der Waals surface area contributed by atoms with Crippen molar-refractivity contribution in [3.8, 4) is 0 Å². The predicted octanol–water partition coefficient (Wildman–Crippen LogP) is 2.58. The predicted molar refractivity (Wildman–Crippen MR) is 61.7 cm³/mol. The minimum Gasteiger partial charge on any atom is -0.366 e. The van der Waals surface area contributed by atoms with Crippen LogP contribution in [0.15, 0.2) is 29.1 Å². The minimum atomic E-state index is 0.813. The van der Waals surface area contributed by atoms with Crippen molar-refractivity contribution in [1.82, 2.24) is 9.97 Å². The van der Waals surface area contributed by atoms with Crippen LogP contribution in [-0.2, 0) is 0 Å². The van der Waals surface area contributed by atoms with E-state index in [1.807, 2.05) is 12.3 Å². The van der Waals surface area contributed by atoms with Crippen molar-refractivity contribution in [2.75, 3.05) is 18.1 Å². The van der Waals surface area contributed by atoms with Crippen molar-refractivity contribution in [3.05, 3.63) is 24.0 Å². The first-order valence-electron chi connectivity index (χ1n) is 4.45. The molecule has 0 radical (unpaired) electrons. The van der Waals surface area contributed by atoms with E-state index in [4.69, 9.17) is 0 Å². The van der Waals surface area contributed by atoms with E-state index >= 15 is 0 Å². The number of hydrogen-bond donors (Lipinski definition) is 1. The molecule has 1 N–H and O–H groups in total. The number of aromatic nitrogens is 2. The fourth-order valence-electron chi connectivity index (χ4n) is 0.907. The molecule has 0 atom stereocenters. The second-order valence-corrected chi connectivity index (χ2v) is 3.93. The summed E-state index contributed by atoms with van der Waals surface area (Å²) in [6.07, 6.45) is 5.71. The first-order chi connectivity index (χ1) is 6.72. The zero-order chi connectivity index (χ0) is 10.4. The van der Waals surface area contributed by atoms with E-state index in [9.17, 15) is 0 Å². The van der Waals surface area contributed by atoms with Crippen molar-refractivity contribution in [3.63, 3.8) is 0 Å². The summed E-state index contributed by atoms with van der Waals surface area (Å²) in [7, 11) is 0. The van der Waals surface area contributed by atoms with Gasteiger partial charge in [-0.2, -0.15) is 0 Å². The van der Waals surface area contributed by atoms with Gasteiger partial charge < -0.3 is 5.32 Å². The molecule has 0 spiro atoms. The van der Waals surface area contributed by atoms with Gasteiger partial charge >= 0.3 is 0 Å². The molecule has 0 aromatic carbocycles. The van der Waals surface area contributed by atoms with Gasteiger partial charge in [-0.15, -0.1) is 11.8 Å². The Hall–Kier alpha value is -1.03. The summed E-state index contributed by atoms with van der Waals surface area (Å²) < 4.78 is 0. The van der Waals surface area contributed by atoms with Crippen LogP contribution in [0.25, 0.3) is 0 Å². The number of hydrogen-bond acceptors (Lipinski definition) is 4. The van der Waals surface area contributed by atoms with Crippen molar-refractivity contribution in [2.45, 2.75) is 18.9 Å². The average Bonchev–Trinajstić information content (AvgIpc) is 2.18. The van der Waals surface area contributed by atoms with Gasteiger partial charge in [0.1, 0.15) is 17.2 Å². The second kappa shape index (κ2) is 5.65. The molecule has 3 nitrogen and oxygen atoms in total. The maximum atomic E-state index is 4.12. The molecular weight excluding hydrogens is 194 g/mol. The number of rotatable bonds is 4. The lowest BCUT2D eigenvalue weighted by Gasteiger charge is -2.03. The molecule has 0 saturated heterocycles. The summed E-state index contributed by atoms with van der Waals surface area (Å²) in [4.78, 5) is 8.22. The van der Waals surface area contributed by atoms with Gasteiger partial charge in [-0.25, -0.2) is 9.97 Å². The molecule has 0 aliphatic rings. The Bertz CT molecular complexity index is 319. The largest absolute Gasteiger partial charge is 0.366 e. The van der Waals surface area contributed by atoms with Crippen LogP contribution in [0, 0.1) is 0 Å². The fraction of sp³-hybridized carbons (Fsp3) is 0.400. The molecule has 0 saturated carbocycles. The third-order valence-electron chi connectivity index (χ3n) is 1.64. The molecule has 1 aromatic heterocycles. The van der Waals surface area contributed by atoms with Crippen molar-refractivity contribution in [2.24, 2.45) is 0 Å². The summed E-state index contributed by atoms with van der Waals surface area (Å²) in [6.45, 7) is 4.97. The third kappa shape index (κ3) is 3.79. The molecule has 1 heterocycles. The van der Waals surface area contributed by atoms with E-state index in [0.29, 0.717) is 0 Å². The van der Waals surface area contributed by atoms with Crippen LogP contribution in [-0.4, -0.2) is 22.8 Å². The van der Waals surface area contributed by atoms with Gasteiger partial charge in [0.15, 0.2) is 0 Å². The maximum absolute atomic E-state index is 4.12. The van der Waals surface area contributed by atoms with Crippen LogP contribution in [0.4, 0.5) is 5.82 Å². The molecule has 0 bridgehead atoms. The number of nitrogens with one attached hydrogen (secondary N) is 1. The Kier molecular flexibility index (Phi) is 4.46. The van der Waals surface area contributed by atoms with Crippen molar-refractivity contribution in [1.29, 1.82) is 0 Å². The molecule has 0 aliphatic heterocycles. The third-order valence-corrected chi connectivity index (χ3v) is 2.29. The highest BCUT2D eigenvalue weighted by atomic mass is 32.2. The van der Waals surface area contributed by atoms with Gasteiger partial charge in [0, 0.05) is 12.6 Å². The van der Waals surface area contributed by atoms with E-state index in [1.165, 1.54) is 5.57 Å². The second-order valence-electron chi connectivity index (χ2n) is 3.11. The first-order valence-corrected chi connectivity index (χ1v) is 5.68. The summed E-state index contributed by atoms with van der Waals surface area (Å²) in [6, 6.07) is 1.95. The summed E-state index contributed by atoms with van der Waals surface area (Å²) in [5.74, 6) is 0.877. The zero-order valence-corrected chi connectivity index (χ0v) is 9.56. The van der Waals surface area contributed by atoms with Crippen LogP contribution in [0.3, 0.4) is 0 Å². The Morgan fingerprint density at radius 3 is 2.93 bits per heavy atom. The minimum absolute atomic E-state index is 0.813. The zero-order valence-electron chi connectivity index (χ0n) is 8.74. The smallest absolute Gasteiger partial charge is 0.130 e. The van der Waals surface area contributed by atoms with Crippen LogP contribution >= 0.6 is 11.8 Å². The van der Waals surface area contributed by atoms with Crippen molar-refractivity contribution < 1.29 is 0 Å². The number of anilines is 1. The SMILES string of the molecule is CSc1cc(NCC=C(C)C)ncn1. The van der Waals surface area contributed by atoms with E-state index in [1.54, 1.807) is 18.1 Å². The molecular formula is C10H15N3S.